The molecular weight excluding hydrogens is 476 g/mol. The van der Waals surface area contributed by atoms with Crippen LogP contribution in [-0.4, -0.2) is 24.0 Å². The largest absolute Gasteiger partial charge is 0.488 e. The van der Waals surface area contributed by atoms with E-state index in [1.165, 1.54) is 18.7 Å². The first kappa shape index (κ1) is 26.6. The number of pyridine rings is 1. The monoisotopic (exact) mass is 508 g/mol. The summed E-state index contributed by atoms with van der Waals surface area (Å²) in [6.45, 7) is 7.29. The van der Waals surface area contributed by atoms with Crippen LogP contribution in [0.15, 0.2) is 84.9 Å². The van der Waals surface area contributed by atoms with Crippen molar-refractivity contribution < 1.29 is 19.1 Å². The second-order valence-corrected chi connectivity index (χ2v) is 10.0. The van der Waals surface area contributed by atoms with Crippen LogP contribution in [0.3, 0.4) is 0 Å². The zero-order valence-electron chi connectivity index (χ0n) is 22.2. The molecule has 6 nitrogen and oxygen atoms in total. The normalized spacial score (nSPS) is 11.5. The highest BCUT2D eigenvalue weighted by molar-refractivity contribution is 5.97. The molecule has 1 N–H and O–H groups in total. The van der Waals surface area contributed by atoms with E-state index in [4.69, 9.17) is 4.74 Å². The van der Waals surface area contributed by atoms with Crippen LogP contribution >= 0.6 is 0 Å². The Morgan fingerprint density at radius 2 is 1.61 bits per heavy atom. The van der Waals surface area contributed by atoms with Crippen molar-refractivity contribution >= 4 is 28.9 Å². The minimum atomic E-state index is -0.411. The molecule has 1 aromatic heterocycles. The first-order valence-corrected chi connectivity index (χ1v) is 12.5. The molecule has 0 unspecified atom stereocenters. The maximum Gasteiger partial charge on any atom is 0.330 e. The zero-order valence-corrected chi connectivity index (χ0v) is 22.2. The number of esters is 1. The van der Waals surface area contributed by atoms with Crippen LogP contribution in [-0.2, 0) is 28.1 Å². The number of amides is 1. The third kappa shape index (κ3) is 6.85. The Hall–Kier alpha value is -4.45. The Labute approximate surface area is 223 Å². The van der Waals surface area contributed by atoms with Crippen molar-refractivity contribution in [3.8, 4) is 5.75 Å². The Morgan fingerprint density at radius 1 is 0.921 bits per heavy atom. The third-order valence-corrected chi connectivity index (χ3v) is 6.17. The van der Waals surface area contributed by atoms with Gasteiger partial charge in [0.1, 0.15) is 18.1 Å². The molecule has 0 saturated carbocycles. The summed E-state index contributed by atoms with van der Waals surface area (Å²) in [7, 11) is 1.34. The number of benzene rings is 3. The van der Waals surface area contributed by atoms with Gasteiger partial charge in [-0.15, -0.1) is 0 Å². The molecule has 0 radical (unpaired) electrons. The van der Waals surface area contributed by atoms with E-state index in [1.54, 1.807) is 12.1 Å². The molecule has 0 spiro atoms. The summed E-state index contributed by atoms with van der Waals surface area (Å²) >= 11 is 0. The molecule has 38 heavy (non-hydrogen) atoms. The van der Waals surface area contributed by atoms with Gasteiger partial charge in [-0.2, -0.15) is 0 Å². The molecule has 0 aliphatic rings. The number of methoxy groups -OCH3 is 1. The van der Waals surface area contributed by atoms with Gasteiger partial charge in [-0.05, 0) is 45.9 Å². The number of rotatable bonds is 8. The fraction of sp³-hybridized carbons (Fsp3) is 0.219. The number of fused-ring (bicyclic) bond motifs is 1. The molecule has 6 heteroatoms. The van der Waals surface area contributed by atoms with E-state index >= 15 is 0 Å². The lowest BCUT2D eigenvalue weighted by Gasteiger charge is -2.19. The molecule has 1 heterocycles. The number of para-hydroxylation sites is 1. The summed E-state index contributed by atoms with van der Waals surface area (Å²) in [5.41, 5.74) is 5.17. The van der Waals surface area contributed by atoms with Crippen LogP contribution in [0.25, 0.3) is 17.0 Å². The van der Waals surface area contributed by atoms with Gasteiger partial charge in [0.05, 0.1) is 12.6 Å². The van der Waals surface area contributed by atoms with Crippen molar-refractivity contribution in [2.24, 2.45) is 0 Å². The van der Waals surface area contributed by atoms with Crippen LogP contribution in [0.1, 0.15) is 53.5 Å². The number of carbonyl (C=O) groups excluding carboxylic acids is 2. The average Bonchev–Trinajstić information content (AvgIpc) is 2.93. The van der Waals surface area contributed by atoms with Crippen LogP contribution in [0.5, 0.6) is 5.75 Å². The molecule has 1 amide bonds. The second-order valence-electron chi connectivity index (χ2n) is 10.0. The van der Waals surface area contributed by atoms with E-state index in [1.807, 2.05) is 48.5 Å². The summed E-state index contributed by atoms with van der Waals surface area (Å²) < 4.78 is 10.8. The van der Waals surface area contributed by atoms with E-state index in [0.717, 1.165) is 22.1 Å². The fourth-order valence-electron chi connectivity index (χ4n) is 3.89. The molecule has 0 fully saturated rings. The predicted molar refractivity (Wildman–Crippen MR) is 150 cm³/mol. The molecule has 4 rings (SSSR count). The van der Waals surface area contributed by atoms with E-state index < -0.39 is 5.97 Å². The highest BCUT2D eigenvalue weighted by atomic mass is 16.5. The van der Waals surface area contributed by atoms with Crippen molar-refractivity contribution in [2.75, 3.05) is 7.11 Å². The average molecular weight is 509 g/mol. The number of nitrogens with zero attached hydrogens (tertiary/aromatic N) is 1. The molecule has 0 saturated heterocycles. The Bertz CT molecular complexity index is 1450. The first-order valence-electron chi connectivity index (χ1n) is 12.5. The quantitative estimate of drug-likeness (QED) is 0.226. The highest BCUT2D eigenvalue weighted by Crippen LogP contribution is 2.27. The maximum absolute atomic E-state index is 13.0. The lowest BCUT2D eigenvalue weighted by Crippen LogP contribution is -2.24. The van der Waals surface area contributed by atoms with Crippen LogP contribution in [0.2, 0.25) is 0 Å². The minimum absolute atomic E-state index is 0.0898. The molecule has 0 aliphatic heterocycles. The zero-order chi connectivity index (χ0) is 27.1. The number of aromatic nitrogens is 1. The number of carbonyl (C=O) groups is 2. The topological polar surface area (TPSA) is 77.5 Å². The molecular formula is C32H32N2O4. The molecule has 0 bridgehead atoms. The van der Waals surface area contributed by atoms with Gasteiger partial charge in [-0.25, -0.2) is 9.78 Å². The van der Waals surface area contributed by atoms with Crippen molar-refractivity contribution in [1.29, 1.82) is 0 Å². The van der Waals surface area contributed by atoms with Crippen LogP contribution in [0.4, 0.5) is 0 Å². The van der Waals surface area contributed by atoms with Gasteiger partial charge in [0.2, 0.25) is 0 Å². The summed E-state index contributed by atoms with van der Waals surface area (Å²) in [6, 6.07) is 25.3. The lowest BCUT2D eigenvalue weighted by atomic mass is 9.87. The number of ether oxygens (including phenoxy) is 2. The van der Waals surface area contributed by atoms with Gasteiger partial charge in [0.15, 0.2) is 0 Å². The Morgan fingerprint density at radius 3 is 2.29 bits per heavy atom. The number of nitrogens with one attached hydrogen (secondary N) is 1. The standard InChI is InChI=1S/C32H32N2O4/c1-32(2,3)25-16-13-24(14-17-25)21-38-29-19-28(34-27-8-6-5-7-26(27)29)31(36)33-20-23-11-9-22(10-12-23)15-18-30(35)37-4/h5-19H,20-21H2,1-4H3,(H,33,36)/b18-15+. The van der Waals surface area contributed by atoms with E-state index in [9.17, 15) is 9.59 Å². The lowest BCUT2D eigenvalue weighted by molar-refractivity contribution is -0.134. The van der Waals surface area contributed by atoms with Gasteiger partial charge in [-0.1, -0.05) is 81.4 Å². The maximum atomic E-state index is 13.0. The van der Waals surface area contributed by atoms with Gasteiger partial charge >= 0.3 is 5.97 Å². The molecule has 4 aromatic rings. The van der Waals surface area contributed by atoms with Crippen molar-refractivity contribution in [3.63, 3.8) is 0 Å². The van der Waals surface area contributed by atoms with Gasteiger partial charge < -0.3 is 14.8 Å². The highest BCUT2D eigenvalue weighted by Gasteiger charge is 2.15. The SMILES string of the molecule is COC(=O)/C=C/c1ccc(CNC(=O)c2cc(OCc3ccc(C(C)(C)C)cc3)c3ccccc3n2)cc1. The Balaban J connectivity index is 1.45. The Kier molecular flexibility index (Phi) is 8.22. The van der Waals surface area contributed by atoms with Crippen LogP contribution in [0, 0.1) is 0 Å². The minimum Gasteiger partial charge on any atom is -0.488 e. The van der Waals surface area contributed by atoms with E-state index in [0.29, 0.717) is 30.1 Å². The summed E-state index contributed by atoms with van der Waals surface area (Å²) in [6.07, 6.45) is 3.04. The predicted octanol–water partition coefficient (Wildman–Crippen LogP) is 6.23. The molecule has 0 aliphatic carbocycles. The molecule has 3 aromatic carbocycles. The van der Waals surface area contributed by atoms with Gasteiger partial charge in [0, 0.05) is 24.1 Å². The summed E-state index contributed by atoms with van der Waals surface area (Å²) in [4.78, 5) is 28.8. The summed E-state index contributed by atoms with van der Waals surface area (Å²) in [5.74, 6) is -0.0850. The van der Waals surface area contributed by atoms with Crippen molar-refractivity contribution in [2.45, 2.75) is 39.3 Å². The number of hydrogen-bond donors (Lipinski definition) is 1. The smallest absolute Gasteiger partial charge is 0.330 e. The molecule has 0 atom stereocenters. The van der Waals surface area contributed by atoms with Gasteiger partial charge in [0.25, 0.3) is 5.91 Å². The third-order valence-electron chi connectivity index (χ3n) is 6.17. The van der Waals surface area contributed by atoms with E-state index in [2.05, 4.69) is 60.1 Å². The van der Waals surface area contributed by atoms with E-state index in [-0.39, 0.29) is 11.3 Å². The number of hydrogen-bond acceptors (Lipinski definition) is 5. The fourth-order valence-corrected chi connectivity index (χ4v) is 3.89. The first-order chi connectivity index (χ1) is 18.2. The second kappa shape index (κ2) is 11.7. The summed E-state index contributed by atoms with van der Waals surface area (Å²) in [5, 5.41) is 3.78. The molecule has 194 valence electrons. The van der Waals surface area contributed by atoms with Gasteiger partial charge in [-0.3, -0.25) is 4.79 Å². The van der Waals surface area contributed by atoms with Crippen molar-refractivity contribution in [1.82, 2.24) is 10.3 Å². The van der Waals surface area contributed by atoms with Crippen molar-refractivity contribution in [3.05, 3.63) is 113 Å². The van der Waals surface area contributed by atoms with Crippen LogP contribution < -0.4 is 10.1 Å².